The molecule has 1 aromatic carbocycles. The third kappa shape index (κ3) is 4.05. The van der Waals surface area contributed by atoms with Crippen molar-refractivity contribution in [3.05, 3.63) is 52.9 Å². The summed E-state index contributed by atoms with van der Waals surface area (Å²) in [5.74, 6) is -2.55. The second-order valence-corrected chi connectivity index (χ2v) is 6.60. The Morgan fingerprint density at radius 1 is 1.14 bits per heavy atom. The van der Waals surface area contributed by atoms with E-state index in [0.717, 1.165) is 12.3 Å². The Balaban J connectivity index is 2.21. The molecule has 0 bridgehead atoms. The van der Waals surface area contributed by atoms with E-state index in [0.29, 0.717) is 16.7 Å². The zero-order valence-electron chi connectivity index (χ0n) is 10.4. The van der Waals surface area contributed by atoms with Crippen LogP contribution in [0.5, 0.6) is 0 Å². The molecule has 0 spiro atoms. The molecular formula is C12H10F2N2O3S2. The van der Waals surface area contributed by atoms with Gasteiger partial charge in [0.25, 0.3) is 15.8 Å². The molecule has 2 rings (SSSR count). The summed E-state index contributed by atoms with van der Waals surface area (Å²) in [5.41, 5.74) is -0.469. The van der Waals surface area contributed by atoms with Gasteiger partial charge in [0.1, 0.15) is 0 Å². The van der Waals surface area contributed by atoms with Crippen molar-refractivity contribution < 1.29 is 17.2 Å². The minimum Gasteiger partial charge on any atom is -0.366 e. The third-order valence-corrected chi connectivity index (χ3v) is 4.53. The van der Waals surface area contributed by atoms with Crippen LogP contribution in [0.2, 0.25) is 0 Å². The molecular weight excluding hydrogens is 322 g/mol. The molecule has 0 aliphatic carbocycles. The van der Waals surface area contributed by atoms with Crippen molar-refractivity contribution in [3.63, 3.8) is 0 Å². The van der Waals surface area contributed by atoms with Crippen LogP contribution in [0.1, 0.15) is 0 Å². The summed E-state index contributed by atoms with van der Waals surface area (Å²) in [4.78, 5) is 13.9. The Kier molecular flexibility index (Phi) is 4.63. The number of alkyl halides is 2. The van der Waals surface area contributed by atoms with Crippen LogP contribution < -0.4 is 10.2 Å². The van der Waals surface area contributed by atoms with Crippen molar-refractivity contribution in [2.45, 2.75) is 15.5 Å². The van der Waals surface area contributed by atoms with Crippen LogP contribution in [-0.4, -0.2) is 19.2 Å². The summed E-state index contributed by atoms with van der Waals surface area (Å²) >= 11 is 0.358. The fraction of sp³-hybridized carbons (Fsp3) is 0.0833. The average Bonchev–Trinajstić information content (AvgIpc) is 2.40. The lowest BCUT2D eigenvalue weighted by atomic mass is 10.3. The van der Waals surface area contributed by atoms with Gasteiger partial charge in [-0.25, -0.2) is 8.42 Å². The van der Waals surface area contributed by atoms with Gasteiger partial charge in [-0.15, -0.1) is 0 Å². The summed E-state index contributed by atoms with van der Waals surface area (Å²) in [6, 6.07) is 6.52. The summed E-state index contributed by atoms with van der Waals surface area (Å²) in [7, 11) is -4.03. The maximum absolute atomic E-state index is 12.2. The molecule has 21 heavy (non-hydrogen) atoms. The Morgan fingerprint density at radius 3 is 2.38 bits per heavy atom. The smallest absolute Gasteiger partial charge is 0.288 e. The number of anilines is 1. The molecule has 2 aromatic rings. The van der Waals surface area contributed by atoms with E-state index in [9.17, 15) is 22.0 Å². The van der Waals surface area contributed by atoms with Crippen molar-refractivity contribution in [2.24, 2.45) is 0 Å². The summed E-state index contributed by atoms with van der Waals surface area (Å²) < 4.78 is 50.6. The number of nitrogens with one attached hydrogen (secondary N) is 2. The van der Waals surface area contributed by atoms with E-state index in [2.05, 4.69) is 9.71 Å². The van der Waals surface area contributed by atoms with Crippen molar-refractivity contribution in [2.75, 3.05) is 4.72 Å². The van der Waals surface area contributed by atoms with E-state index in [1.807, 2.05) is 0 Å². The minimum absolute atomic E-state index is 0.178. The highest BCUT2D eigenvalue weighted by Gasteiger charge is 2.17. The molecule has 112 valence electrons. The van der Waals surface area contributed by atoms with Gasteiger partial charge in [-0.05, 0) is 24.3 Å². The van der Waals surface area contributed by atoms with Crippen LogP contribution in [0.3, 0.4) is 0 Å². The highest BCUT2D eigenvalue weighted by atomic mass is 32.2. The summed E-state index contributed by atoms with van der Waals surface area (Å²) in [5, 5.41) is 0. The van der Waals surface area contributed by atoms with Gasteiger partial charge in [0.2, 0.25) is 5.43 Å². The number of rotatable bonds is 5. The zero-order chi connectivity index (χ0) is 15.5. The van der Waals surface area contributed by atoms with Crippen LogP contribution in [-0.2, 0) is 10.0 Å². The standard InChI is InChI=1S/C12H10F2N2O3S2/c13-12(14)20-9-3-1-8(2-4-9)16-21(18,19)11-7-15-6-5-10(11)17/h1-7,12,16H,(H,15,17). The molecule has 0 saturated heterocycles. The first-order valence-corrected chi connectivity index (χ1v) is 7.99. The molecule has 0 aliphatic heterocycles. The van der Waals surface area contributed by atoms with Gasteiger partial charge in [0.05, 0.1) is 0 Å². The van der Waals surface area contributed by atoms with Gasteiger partial charge in [0, 0.05) is 29.0 Å². The first-order valence-electron chi connectivity index (χ1n) is 5.63. The molecule has 0 atom stereocenters. The van der Waals surface area contributed by atoms with Gasteiger partial charge in [0.15, 0.2) is 4.90 Å². The number of thioether (sulfide) groups is 1. The van der Waals surface area contributed by atoms with E-state index in [4.69, 9.17) is 0 Å². The van der Waals surface area contributed by atoms with Crippen molar-refractivity contribution in [1.29, 1.82) is 0 Å². The van der Waals surface area contributed by atoms with Crippen LogP contribution in [0, 0.1) is 0 Å². The fourth-order valence-corrected chi connectivity index (χ4v) is 3.14. The lowest BCUT2D eigenvalue weighted by molar-refractivity contribution is 0.252. The SMILES string of the molecule is O=c1cc[nH]cc1S(=O)(=O)Nc1ccc(SC(F)F)cc1. The first kappa shape index (κ1) is 15.5. The molecule has 1 aromatic heterocycles. The van der Waals surface area contributed by atoms with E-state index in [1.165, 1.54) is 30.5 Å². The van der Waals surface area contributed by atoms with Crippen LogP contribution >= 0.6 is 11.8 Å². The van der Waals surface area contributed by atoms with Gasteiger partial charge < -0.3 is 4.98 Å². The largest absolute Gasteiger partial charge is 0.366 e. The monoisotopic (exact) mass is 332 g/mol. The third-order valence-electron chi connectivity index (χ3n) is 2.41. The highest BCUT2D eigenvalue weighted by Crippen LogP contribution is 2.26. The molecule has 0 radical (unpaired) electrons. The van der Waals surface area contributed by atoms with Crippen LogP contribution in [0.15, 0.2) is 57.3 Å². The predicted molar refractivity (Wildman–Crippen MR) is 76.2 cm³/mol. The molecule has 0 saturated carbocycles. The number of H-pyrrole nitrogens is 1. The molecule has 5 nitrogen and oxygen atoms in total. The fourth-order valence-electron chi connectivity index (χ4n) is 1.53. The van der Waals surface area contributed by atoms with E-state index >= 15 is 0 Å². The Morgan fingerprint density at radius 2 is 1.81 bits per heavy atom. The number of pyridine rings is 1. The normalized spacial score (nSPS) is 11.6. The van der Waals surface area contributed by atoms with E-state index in [1.54, 1.807) is 0 Å². The zero-order valence-corrected chi connectivity index (χ0v) is 12.0. The Labute approximate surface area is 123 Å². The molecule has 9 heteroatoms. The number of aromatic nitrogens is 1. The minimum atomic E-state index is -4.03. The van der Waals surface area contributed by atoms with Gasteiger partial charge in [-0.3, -0.25) is 9.52 Å². The summed E-state index contributed by atoms with van der Waals surface area (Å²) in [6.45, 7) is 0. The van der Waals surface area contributed by atoms with Gasteiger partial charge >= 0.3 is 0 Å². The van der Waals surface area contributed by atoms with Crippen LogP contribution in [0.4, 0.5) is 14.5 Å². The number of hydrogen-bond acceptors (Lipinski definition) is 4. The lowest BCUT2D eigenvalue weighted by Crippen LogP contribution is -2.20. The Bertz CT molecular complexity index is 774. The number of halogens is 2. The van der Waals surface area contributed by atoms with E-state index in [-0.39, 0.29) is 5.69 Å². The molecule has 0 fully saturated rings. The second-order valence-electron chi connectivity index (χ2n) is 3.88. The predicted octanol–water partition coefficient (Wildman–Crippen LogP) is 2.49. The average molecular weight is 332 g/mol. The first-order chi connectivity index (χ1) is 9.88. The maximum atomic E-state index is 12.2. The number of sulfonamides is 1. The molecule has 1 heterocycles. The van der Waals surface area contributed by atoms with Gasteiger partial charge in [-0.1, -0.05) is 11.8 Å². The highest BCUT2D eigenvalue weighted by molar-refractivity contribution is 7.99. The van der Waals surface area contributed by atoms with Crippen molar-refractivity contribution in [3.8, 4) is 0 Å². The quantitative estimate of drug-likeness (QED) is 0.825. The number of benzene rings is 1. The summed E-state index contributed by atoms with van der Waals surface area (Å²) in [6.07, 6.45) is 2.39. The topological polar surface area (TPSA) is 79.0 Å². The van der Waals surface area contributed by atoms with Crippen molar-refractivity contribution >= 4 is 27.5 Å². The van der Waals surface area contributed by atoms with Crippen molar-refractivity contribution in [1.82, 2.24) is 4.98 Å². The second kappa shape index (κ2) is 6.27. The molecule has 0 amide bonds. The maximum Gasteiger partial charge on any atom is 0.288 e. The van der Waals surface area contributed by atoms with E-state index < -0.39 is 26.1 Å². The molecule has 0 aliphatic rings. The lowest BCUT2D eigenvalue weighted by Gasteiger charge is -2.08. The molecule has 0 unspecified atom stereocenters. The Hall–Kier alpha value is -1.87. The number of aromatic amines is 1. The number of hydrogen-bond donors (Lipinski definition) is 2. The molecule has 2 N–H and O–H groups in total. The van der Waals surface area contributed by atoms with Crippen LogP contribution in [0.25, 0.3) is 0 Å². The van der Waals surface area contributed by atoms with Gasteiger partial charge in [-0.2, -0.15) is 8.78 Å².